The van der Waals surface area contributed by atoms with E-state index < -0.39 is 5.97 Å². The van der Waals surface area contributed by atoms with E-state index >= 15 is 0 Å². The topological polar surface area (TPSA) is 49.8 Å². The fourth-order valence-corrected chi connectivity index (χ4v) is 2.30. The Labute approximate surface area is 90.2 Å². The second kappa shape index (κ2) is 4.49. The van der Waals surface area contributed by atoms with Crippen LogP contribution in [-0.2, 0) is 9.53 Å². The second-order valence-electron chi connectivity index (χ2n) is 4.50. The highest BCUT2D eigenvalue weighted by Gasteiger charge is 2.41. The van der Waals surface area contributed by atoms with Crippen LogP contribution in [0.15, 0.2) is 0 Å². The maximum atomic E-state index is 10.7. The largest absolute Gasteiger partial charge is 0.480 e. The van der Waals surface area contributed by atoms with Crippen molar-refractivity contribution in [3.63, 3.8) is 0 Å². The quantitative estimate of drug-likeness (QED) is 0.718. The molecule has 86 valence electrons. The van der Waals surface area contributed by atoms with E-state index in [0.29, 0.717) is 18.2 Å². The van der Waals surface area contributed by atoms with Gasteiger partial charge >= 0.3 is 5.97 Å². The summed E-state index contributed by atoms with van der Waals surface area (Å²) >= 11 is 0. The van der Waals surface area contributed by atoms with E-state index in [2.05, 4.69) is 4.90 Å². The van der Waals surface area contributed by atoms with Crippen molar-refractivity contribution in [2.45, 2.75) is 50.8 Å². The molecule has 2 aliphatic carbocycles. The van der Waals surface area contributed by atoms with Crippen molar-refractivity contribution in [3.8, 4) is 0 Å². The molecule has 0 amide bonds. The van der Waals surface area contributed by atoms with Gasteiger partial charge in [-0.15, -0.1) is 0 Å². The van der Waals surface area contributed by atoms with Crippen molar-refractivity contribution >= 4 is 5.97 Å². The first-order chi connectivity index (χ1) is 7.20. The van der Waals surface area contributed by atoms with Crippen molar-refractivity contribution < 1.29 is 14.6 Å². The average Bonchev–Trinajstić information content (AvgIpc) is 2.89. The molecule has 0 aromatic carbocycles. The van der Waals surface area contributed by atoms with Crippen molar-refractivity contribution in [1.82, 2.24) is 4.90 Å². The van der Waals surface area contributed by atoms with Crippen LogP contribution in [-0.4, -0.2) is 47.3 Å². The third-order valence-electron chi connectivity index (χ3n) is 3.28. The summed E-state index contributed by atoms with van der Waals surface area (Å²) < 4.78 is 5.49. The summed E-state index contributed by atoms with van der Waals surface area (Å²) in [6.45, 7) is 2.97. The molecule has 0 heterocycles. The first kappa shape index (κ1) is 10.9. The molecular weight excluding hydrogens is 194 g/mol. The third-order valence-corrected chi connectivity index (χ3v) is 3.28. The molecule has 0 aliphatic heterocycles. The molecule has 0 unspecified atom stereocenters. The van der Waals surface area contributed by atoms with Gasteiger partial charge in [0.25, 0.3) is 0 Å². The Hall–Kier alpha value is -0.610. The van der Waals surface area contributed by atoms with Crippen LogP contribution in [0.3, 0.4) is 0 Å². The summed E-state index contributed by atoms with van der Waals surface area (Å²) in [5, 5.41) is 8.83. The molecule has 0 atom stereocenters. The lowest BCUT2D eigenvalue weighted by atomic mass is 9.87. The Kier molecular flexibility index (Phi) is 3.26. The Morgan fingerprint density at radius 2 is 2.07 bits per heavy atom. The molecule has 0 spiro atoms. The van der Waals surface area contributed by atoms with E-state index in [1.165, 1.54) is 12.8 Å². The van der Waals surface area contributed by atoms with Crippen LogP contribution < -0.4 is 0 Å². The number of ether oxygens (including phenoxy) is 1. The molecule has 15 heavy (non-hydrogen) atoms. The predicted octanol–water partition coefficient (Wildman–Crippen LogP) is 1.10. The SMILES string of the molecule is CCOC1CC(N(CC(=O)O)C2CC2)C1. The van der Waals surface area contributed by atoms with Gasteiger partial charge < -0.3 is 9.84 Å². The highest BCUT2D eigenvalue weighted by Crippen LogP contribution is 2.36. The Balaban J connectivity index is 1.77. The molecule has 2 rings (SSSR count). The van der Waals surface area contributed by atoms with E-state index in [-0.39, 0.29) is 6.54 Å². The highest BCUT2D eigenvalue weighted by atomic mass is 16.5. The molecule has 4 heteroatoms. The highest BCUT2D eigenvalue weighted by molar-refractivity contribution is 5.69. The maximum Gasteiger partial charge on any atom is 0.317 e. The van der Waals surface area contributed by atoms with Gasteiger partial charge in [-0.05, 0) is 32.6 Å². The average molecular weight is 213 g/mol. The standard InChI is InChI=1S/C11H19NO3/c1-2-15-10-5-9(6-10)12(7-11(13)14)8-3-4-8/h8-10H,2-7H2,1H3,(H,13,14). The molecule has 4 nitrogen and oxygen atoms in total. The normalized spacial score (nSPS) is 30.3. The minimum Gasteiger partial charge on any atom is -0.480 e. The molecule has 2 aliphatic rings. The van der Waals surface area contributed by atoms with Gasteiger partial charge in [0.05, 0.1) is 12.6 Å². The van der Waals surface area contributed by atoms with Gasteiger partial charge in [0, 0.05) is 18.7 Å². The van der Waals surface area contributed by atoms with Crippen LogP contribution in [0.5, 0.6) is 0 Å². The molecule has 2 saturated carbocycles. The van der Waals surface area contributed by atoms with E-state index in [1.54, 1.807) is 0 Å². The number of hydrogen-bond acceptors (Lipinski definition) is 3. The maximum absolute atomic E-state index is 10.7. The van der Waals surface area contributed by atoms with Crippen LogP contribution in [0.2, 0.25) is 0 Å². The summed E-state index contributed by atoms with van der Waals surface area (Å²) in [6.07, 6.45) is 4.73. The van der Waals surface area contributed by atoms with Gasteiger partial charge in [-0.2, -0.15) is 0 Å². The lowest BCUT2D eigenvalue weighted by Crippen LogP contribution is -2.50. The summed E-state index contributed by atoms with van der Waals surface area (Å²) in [7, 11) is 0. The second-order valence-corrected chi connectivity index (χ2v) is 4.50. The molecule has 1 N–H and O–H groups in total. The number of aliphatic carboxylic acids is 1. The molecule has 0 radical (unpaired) electrons. The molecule has 2 fully saturated rings. The van der Waals surface area contributed by atoms with Crippen molar-refractivity contribution in [2.75, 3.05) is 13.2 Å². The molecular formula is C11H19NO3. The fourth-order valence-electron chi connectivity index (χ4n) is 2.30. The van der Waals surface area contributed by atoms with E-state index in [9.17, 15) is 4.79 Å². The summed E-state index contributed by atoms with van der Waals surface area (Å²) in [5.41, 5.74) is 0. The van der Waals surface area contributed by atoms with Crippen LogP contribution in [0, 0.1) is 0 Å². The number of rotatable bonds is 6. The van der Waals surface area contributed by atoms with Gasteiger partial charge in [-0.3, -0.25) is 9.69 Å². The first-order valence-electron chi connectivity index (χ1n) is 5.79. The van der Waals surface area contributed by atoms with Gasteiger partial charge in [-0.25, -0.2) is 0 Å². The minimum atomic E-state index is -0.707. The number of carbonyl (C=O) groups is 1. The number of nitrogens with zero attached hydrogens (tertiary/aromatic N) is 1. The van der Waals surface area contributed by atoms with E-state index in [4.69, 9.17) is 9.84 Å². The lowest BCUT2D eigenvalue weighted by molar-refractivity contribution is -0.141. The number of carboxylic acid groups (broad SMARTS) is 1. The van der Waals surface area contributed by atoms with Gasteiger partial charge in [0.15, 0.2) is 0 Å². The van der Waals surface area contributed by atoms with Crippen LogP contribution >= 0.6 is 0 Å². The van der Waals surface area contributed by atoms with E-state index in [1.807, 2.05) is 6.92 Å². The molecule has 0 aromatic rings. The Bertz CT molecular complexity index is 234. The Morgan fingerprint density at radius 3 is 2.53 bits per heavy atom. The summed E-state index contributed by atoms with van der Waals surface area (Å²) in [5.74, 6) is -0.707. The molecule has 0 saturated heterocycles. The van der Waals surface area contributed by atoms with Gasteiger partial charge in [0.2, 0.25) is 0 Å². The van der Waals surface area contributed by atoms with E-state index in [0.717, 1.165) is 19.4 Å². The van der Waals surface area contributed by atoms with Crippen LogP contribution in [0.1, 0.15) is 32.6 Å². The lowest BCUT2D eigenvalue weighted by Gasteiger charge is -2.42. The summed E-state index contributed by atoms with van der Waals surface area (Å²) in [4.78, 5) is 12.9. The Morgan fingerprint density at radius 1 is 1.40 bits per heavy atom. The van der Waals surface area contributed by atoms with Crippen molar-refractivity contribution in [1.29, 1.82) is 0 Å². The van der Waals surface area contributed by atoms with Crippen LogP contribution in [0.25, 0.3) is 0 Å². The third kappa shape index (κ3) is 2.69. The molecule has 0 bridgehead atoms. The molecule has 0 aromatic heterocycles. The van der Waals surface area contributed by atoms with Crippen LogP contribution in [0.4, 0.5) is 0 Å². The fraction of sp³-hybridized carbons (Fsp3) is 0.909. The van der Waals surface area contributed by atoms with Gasteiger partial charge in [-0.1, -0.05) is 0 Å². The number of hydrogen-bond donors (Lipinski definition) is 1. The van der Waals surface area contributed by atoms with Crippen molar-refractivity contribution in [3.05, 3.63) is 0 Å². The monoisotopic (exact) mass is 213 g/mol. The van der Waals surface area contributed by atoms with Crippen molar-refractivity contribution in [2.24, 2.45) is 0 Å². The first-order valence-corrected chi connectivity index (χ1v) is 5.79. The predicted molar refractivity (Wildman–Crippen MR) is 55.8 cm³/mol. The minimum absolute atomic E-state index is 0.203. The smallest absolute Gasteiger partial charge is 0.317 e. The van der Waals surface area contributed by atoms with Gasteiger partial charge in [0.1, 0.15) is 0 Å². The zero-order valence-corrected chi connectivity index (χ0v) is 9.19. The zero-order valence-electron chi connectivity index (χ0n) is 9.19. The zero-order chi connectivity index (χ0) is 10.8. The number of carboxylic acids is 1. The summed E-state index contributed by atoms with van der Waals surface area (Å²) in [6, 6.07) is 0.985.